The van der Waals surface area contributed by atoms with Crippen molar-refractivity contribution >= 4 is 11.5 Å². The second-order valence-electron chi connectivity index (χ2n) is 8.31. The van der Waals surface area contributed by atoms with Crippen LogP contribution in [0.15, 0.2) is 72.9 Å². The molecular weight excluding hydrogens is 425 g/mol. The van der Waals surface area contributed by atoms with Crippen LogP contribution < -0.4 is 10.2 Å². The molecule has 0 atom stereocenters. The minimum atomic E-state index is -4.30. The van der Waals surface area contributed by atoms with Gasteiger partial charge in [0, 0.05) is 44.6 Å². The predicted octanol–water partition coefficient (Wildman–Crippen LogP) is 5.78. The van der Waals surface area contributed by atoms with Gasteiger partial charge in [-0.05, 0) is 60.8 Å². The van der Waals surface area contributed by atoms with E-state index in [0.29, 0.717) is 5.69 Å². The minimum absolute atomic E-state index is 0.585. The van der Waals surface area contributed by atoms with Crippen molar-refractivity contribution in [1.82, 2.24) is 9.88 Å². The van der Waals surface area contributed by atoms with Gasteiger partial charge in [-0.15, -0.1) is 0 Å². The normalized spacial score (nSPS) is 14.9. The quantitative estimate of drug-likeness (QED) is 0.437. The van der Waals surface area contributed by atoms with Gasteiger partial charge in [0.15, 0.2) is 0 Å². The van der Waals surface area contributed by atoms with Crippen molar-refractivity contribution in [3.8, 4) is 11.1 Å². The summed E-state index contributed by atoms with van der Waals surface area (Å²) in [7, 11) is 0. The molecule has 4 rings (SSSR count). The number of piperazine rings is 1. The third-order valence-corrected chi connectivity index (χ3v) is 5.99. The van der Waals surface area contributed by atoms with Gasteiger partial charge in [-0.25, -0.2) is 4.98 Å². The van der Waals surface area contributed by atoms with Gasteiger partial charge in [-0.1, -0.05) is 36.4 Å². The van der Waals surface area contributed by atoms with E-state index in [-0.39, 0.29) is 0 Å². The molecule has 1 aliphatic rings. The molecule has 0 unspecified atom stereocenters. The van der Waals surface area contributed by atoms with Crippen molar-refractivity contribution in [2.45, 2.75) is 19.0 Å². The first-order valence-corrected chi connectivity index (χ1v) is 11.4. The number of halogens is 3. The molecule has 4 nitrogen and oxygen atoms in total. The summed E-state index contributed by atoms with van der Waals surface area (Å²) in [4.78, 5) is 8.84. The first-order valence-electron chi connectivity index (χ1n) is 11.4. The summed E-state index contributed by atoms with van der Waals surface area (Å²) in [5.41, 5.74) is 2.39. The molecule has 0 aliphatic carbocycles. The van der Waals surface area contributed by atoms with Crippen molar-refractivity contribution < 1.29 is 13.2 Å². The van der Waals surface area contributed by atoms with E-state index in [4.69, 9.17) is 0 Å². The van der Waals surface area contributed by atoms with E-state index in [1.165, 1.54) is 17.7 Å². The van der Waals surface area contributed by atoms with Crippen LogP contribution in [0.2, 0.25) is 0 Å². The van der Waals surface area contributed by atoms with Gasteiger partial charge in [0.25, 0.3) is 0 Å². The molecule has 2 heterocycles. The Labute approximate surface area is 193 Å². The van der Waals surface area contributed by atoms with Crippen LogP contribution in [0.3, 0.4) is 0 Å². The van der Waals surface area contributed by atoms with Crippen LogP contribution in [0, 0.1) is 0 Å². The number of aromatic nitrogens is 1. The number of benzene rings is 2. The summed E-state index contributed by atoms with van der Waals surface area (Å²) in [5, 5.41) is 3.41. The Morgan fingerprint density at radius 3 is 2.36 bits per heavy atom. The standard InChI is InChI=1S/C26H29F3N4/c27-26(28,29)23-9-6-10-24(20-23)33-17-15-32(16-18-33)14-5-4-12-30-25-19-22(11-13-31-25)21-7-2-1-3-8-21/h1-3,6-11,13,19-20H,4-5,12,14-18H2,(H,30,31). The first kappa shape index (κ1) is 23.1. The average molecular weight is 455 g/mol. The molecule has 1 aromatic heterocycles. The zero-order chi connectivity index (χ0) is 23.1. The Balaban J connectivity index is 1.17. The van der Waals surface area contributed by atoms with Crippen molar-refractivity contribution in [1.29, 1.82) is 0 Å². The lowest BCUT2D eigenvalue weighted by atomic mass is 10.1. The Hall–Kier alpha value is -3.06. The molecule has 7 heteroatoms. The van der Waals surface area contributed by atoms with Gasteiger partial charge in [0.05, 0.1) is 5.56 Å². The van der Waals surface area contributed by atoms with Crippen molar-refractivity contribution in [3.63, 3.8) is 0 Å². The fraction of sp³-hybridized carbons (Fsp3) is 0.346. The van der Waals surface area contributed by atoms with Crippen molar-refractivity contribution in [3.05, 3.63) is 78.5 Å². The largest absolute Gasteiger partial charge is 0.416 e. The molecule has 1 N–H and O–H groups in total. The van der Waals surface area contributed by atoms with E-state index in [0.717, 1.165) is 69.6 Å². The van der Waals surface area contributed by atoms with Crippen molar-refractivity contribution in [2.75, 3.05) is 49.5 Å². The van der Waals surface area contributed by atoms with Gasteiger partial charge < -0.3 is 10.2 Å². The molecule has 1 fully saturated rings. The summed E-state index contributed by atoms with van der Waals surface area (Å²) < 4.78 is 38.9. The van der Waals surface area contributed by atoms with E-state index in [1.807, 2.05) is 35.4 Å². The topological polar surface area (TPSA) is 31.4 Å². The maximum absolute atomic E-state index is 13.0. The molecular formula is C26H29F3N4. The van der Waals surface area contributed by atoms with E-state index in [1.54, 1.807) is 6.07 Å². The van der Waals surface area contributed by atoms with Crippen LogP contribution in [0.4, 0.5) is 24.7 Å². The molecule has 0 bridgehead atoms. The van der Waals surface area contributed by atoms with Crippen molar-refractivity contribution in [2.24, 2.45) is 0 Å². The molecule has 2 aromatic carbocycles. The summed E-state index contributed by atoms with van der Waals surface area (Å²) in [6.07, 6.45) is -0.376. The number of alkyl halides is 3. The molecule has 174 valence electrons. The molecule has 33 heavy (non-hydrogen) atoms. The Bertz CT molecular complexity index is 1020. The molecule has 3 aromatic rings. The number of pyridine rings is 1. The van der Waals surface area contributed by atoms with E-state index < -0.39 is 11.7 Å². The number of rotatable bonds is 8. The third-order valence-electron chi connectivity index (χ3n) is 5.99. The summed E-state index contributed by atoms with van der Waals surface area (Å²) in [6, 6.07) is 20.0. The Kier molecular flexibility index (Phi) is 7.50. The fourth-order valence-corrected chi connectivity index (χ4v) is 4.12. The number of anilines is 2. The first-order chi connectivity index (χ1) is 16.0. The number of hydrogen-bond acceptors (Lipinski definition) is 4. The van der Waals surface area contributed by atoms with Gasteiger partial charge in [0.2, 0.25) is 0 Å². The molecule has 0 radical (unpaired) electrons. The minimum Gasteiger partial charge on any atom is -0.370 e. The lowest BCUT2D eigenvalue weighted by Crippen LogP contribution is -2.46. The maximum Gasteiger partial charge on any atom is 0.416 e. The Morgan fingerprint density at radius 1 is 0.818 bits per heavy atom. The lowest BCUT2D eigenvalue weighted by molar-refractivity contribution is -0.137. The van der Waals surface area contributed by atoms with Gasteiger partial charge in [0.1, 0.15) is 5.82 Å². The lowest BCUT2D eigenvalue weighted by Gasteiger charge is -2.36. The zero-order valence-electron chi connectivity index (χ0n) is 18.6. The van der Waals surface area contributed by atoms with E-state index >= 15 is 0 Å². The number of hydrogen-bond donors (Lipinski definition) is 1. The van der Waals surface area contributed by atoms with Crippen LogP contribution in [0.25, 0.3) is 11.1 Å². The van der Waals surface area contributed by atoms with Gasteiger partial charge in [-0.3, -0.25) is 4.90 Å². The number of nitrogens with zero attached hydrogens (tertiary/aromatic N) is 3. The highest BCUT2D eigenvalue weighted by Crippen LogP contribution is 2.32. The molecule has 0 amide bonds. The Morgan fingerprint density at radius 2 is 1.61 bits per heavy atom. The second-order valence-corrected chi connectivity index (χ2v) is 8.31. The number of nitrogens with one attached hydrogen (secondary N) is 1. The zero-order valence-corrected chi connectivity index (χ0v) is 18.6. The summed E-state index contributed by atoms with van der Waals surface area (Å²) in [6.45, 7) is 5.07. The third kappa shape index (κ3) is 6.48. The van der Waals surface area contributed by atoms with Gasteiger partial charge >= 0.3 is 6.18 Å². The van der Waals surface area contributed by atoms with Crippen LogP contribution in [-0.2, 0) is 6.18 Å². The summed E-state index contributed by atoms with van der Waals surface area (Å²) in [5.74, 6) is 0.881. The van der Waals surface area contributed by atoms with Crippen LogP contribution in [0.1, 0.15) is 18.4 Å². The van der Waals surface area contributed by atoms with Crippen LogP contribution >= 0.6 is 0 Å². The predicted molar refractivity (Wildman–Crippen MR) is 127 cm³/mol. The molecule has 1 aliphatic heterocycles. The molecule has 1 saturated heterocycles. The van der Waals surface area contributed by atoms with Crippen LogP contribution in [-0.4, -0.2) is 49.2 Å². The maximum atomic E-state index is 13.0. The average Bonchev–Trinajstić information content (AvgIpc) is 2.84. The highest BCUT2D eigenvalue weighted by molar-refractivity contribution is 5.66. The number of unbranched alkanes of at least 4 members (excludes halogenated alkanes) is 1. The highest BCUT2D eigenvalue weighted by Gasteiger charge is 2.31. The van der Waals surface area contributed by atoms with Crippen LogP contribution in [0.5, 0.6) is 0 Å². The molecule has 0 saturated carbocycles. The second kappa shape index (κ2) is 10.7. The van der Waals surface area contributed by atoms with E-state index in [2.05, 4.69) is 33.4 Å². The summed E-state index contributed by atoms with van der Waals surface area (Å²) >= 11 is 0. The SMILES string of the molecule is FC(F)(F)c1cccc(N2CCN(CCCCNc3cc(-c4ccccc4)ccn3)CC2)c1. The van der Waals surface area contributed by atoms with Gasteiger partial charge in [-0.2, -0.15) is 13.2 Å². The monoisotopic (exact) mass is 454 g/mol. The van der Waals surface area contributed by atoms with E-state index in [9.17, 15) is 13.2 Å². The highest BCUT2D eigenvalue weighted by atomic mass is 19.4. The smallest absolute Gasteiger partial charge is 0.370 e. The molecule has 0 spiro atoms. The fourth-order valence-electron chi connectivity index (χ4n) is 4.12.